The summed E-state index contributed by atoms with van der Waals surface area (Å²) >= 11 is 0. The Bertz CT molecular complexity index is 1060. The van der Waals surface area contributed by atoms with Gasteiger partial charge in [-0.05, 0) is 91.1 Å². The van der Waals surface area contributed by atoms with Crippen molar-refractivity contribution in [2.75, 3.05) is 33.4 Å². The number of rotatable bonds is 7. The molecule has 3 saturated heterocycles. The van der Waals surface area contributed by atoms with Crippen LogP contribution in [0.5, 0.6) is 11.5 Å². The standard InChI is InChI=1S/C29H38N2O4/c1-5-14-34-22-8-6-19(7-9-22)23-15-21-17-29(2,3)27(24(21)16-25(23)33-4)30-28(32)35-26-18-31-12-10-20(26)11-13-31/h6-9,15-16,20,26-27H,5,10-14,17-18H2,1-4H3,(H,30,32)/t26-,27?/m1/s1. The SMILES string of the molecule is CCCOc1ccc(-c2cc3c(cc2OC)C(NC(=O)O[C@@H]2CN4CCC2CC4)C(C)(C)C3)cc1. The summed E-state index contributed by atoms with van der Waals surface area (Å²) in [6, 6.07) is 12.4. The number of fused-ring (bicyclic) bond motifs is 4. The molecule has 6 nitrogen and oxygen atoms in total. The highest BCUT2D eigenvalue weighted by atomic mass is 16.6. The fraction of sp³-hybridized carbons (Fsp3) is 0.552. The van der Waals surface area contributed by atoms with Gasteiger partial charge in [0.05, 0.1) is 19.8 Å². The lowest BCUT2D eigenvalue weighted by atomic mass is 9.85. The van der Waals surface area contributed by atoms with Crippen LogP contribution in [0.1, 0.15) is 57.2 Å². The zero-order chi connectivity index (χ0) is 24.6. The molecule has 4 aliphatic rings. The molecule has 1 amide bonds. The normalized spacial score (nSPS) is 26.2. The molecule has 1 unspecified atom stereocenters. The summed E-state index contributed by atoms with van der Waals surface area (Å²) < 4.78 is 17.5. The molecule has 3 heterocycles. The van der Waals surface area contributed by atoms with Gasteiger partial charge in [0, 0.05) is 12.1 Å². The summed E-state index contributed by atoms with van der Waals surface area (Å²) in [6.07, 6.45) is 3.81. The molecule has 3 fully saturated rings. The first-order chi connectivity index (χ1) is 16.9. The topological polar surface area (TPSA) is 60.0 Å². The fourth-order valence-electron chi connectivity index (χ4n) is 6.03. The lowest BCUT2D eigenvalue weighted by Gasteiger charge is -2.44. The molecule has 0 spiro atoms. The van der Waals surface area contributed by atoms with Gasteiger partial charge in [-0.1, -0.05) is 32.9 Å². The van der Waals surface area contributed by atoms with Crippen LogP contribution in [0.3, 0.4) is 0 Å². The molecule has 1 N–H and O–H groups in total. The van der Waals surface area contributed by atoms with Crippen molar-refractivity contribution in [2.24, 2.45) is 11.3 Å². The minimum Gasteiger partial charge on any atom is -0.496 e. The number of carbonyl (C=O) groups is 1. The number of nitrogens with zero attached hydrogens (tertiary/aromatic N) is 1. The second-order valence-electron chi connectivity index (χ2n) is 10.9. The molecule has 2 atom stereocenters. The molecular weight excluding hydrogens is 440 g/mol. The molecule has 2 aromatic carbocycles. The van der Waals surface area contributed by atoms with Crippen LogP contribution in [0.4, 0.5) is 4.79 Å². The van der Waals surface area contributed by atoms with Crippen LogP contribution in [0.15, 0.2) is 36.4 Å². The number of hydrogen-bond acceptors (Lipinski definition) is 5. The third-order valence-electron chi connectivity index (χ3n) is 7.95. The van der Waals surface area contributed by atoms with Crippen molar-refractivity contribution in [3.8, 4) is 22.6 Å². The molecule has 2 aromatic rings. The lowest BCUT2D eigenvalue weighted by molar-refractivity contribution is -0.0349. The van der Waals surface area contributed by atoms with E-state index in [4.69, 9.17) is 14.2 Å². The molecule has 0 saturated carbocycles. The highest BCUT2D eigenvalue weighted by Crippen LogP contribution is 2.48. The van der Waals surface area contributed by atoms with Crippen LogP contribution in [-0.4, -0.2) is 50.4 Å². The monoisotopic (exact) mass is 478 g/mol. The predicted octanol–water partition coefficient (Wildman–Crippen LogP) is 5.59. The average molecular weight is 479 g/mol. The first-order valence-corrected chi connectivity index (χ1v) is 13.0. The van der Waals surface area contributed by atoms with E-state index in [2.05, 4.69) is 55.3 Å². The third kappa shape index (κ3) is 4.86. The van der Waals surface area contributed by atoms with E-state index in [1.54, 1.807) is 7.11 Å². The maximum Gasteiger partial charge on any atom is 0.407 e. The molecule has 1 aliphatic carbocycles. The number of amides is 1. The zero-order valence-electron chi connectivity index (χ0n) is 21.4. The van der Waals surface area contributed by atoms with Gasteiger partial charge in [0.15, 0.2) is 0 Å². The van der Waals surface area contributed by atoms with E-state index in [1.807, 2.05) is 12.1 Å². The molecule has 6 rings (SSSR count). The maximum absolute atomic E-state index is 13.0. The summed E-state index contributed by atoms with van der Waals surface area (Å²) in [6.45, 7) is 10.4. The van der Waals surface area contributed by atoms with Gasteiger partial charge in [0.1, 0.15) is 17.6 Å². The Hall–Kier alpha value is -2.73. The Morgan fingerprint density at radius 1 is 1.14 bits per heavy atom. The van der Waals surface area contributed by atoms with Gasteiger partial charge in [-0.15, -0.1) is 0 Å². The van der Waals surface area contributed by atoms with Crippen LogP contribution in [0.2, 0.25) is 0 Å². The number of methoxy groups -OCH3 is 1. The Morgan fingerprint density at radius 3 is 2.51 bits per heavy atom. The van der Waals surface area contributed by atoms with Crippen molar-refractivity contribution in [1.82, 2.24) is 10.2 Å². The number of benzene rings is 2. The van der Waals surface area contributed by atoms with E-state index in [-0.39, 0.29) is 23.7 Å². The smallest absolute Gasteiger partial charge is 0.407 e. The van der Waals surface area contributed by atoms with Crippen molar-refractivity contribution in [1.29, 1.82) is 0 Å². The zero-order valence-corrected chi connectivity index (χ0v) is 21.4. The fourth-order valence-corrected chi connectivity index (χ4v) is 6.03. The summed E-state index contributed by atoms with van der Waals surface area (Å²) in [5, 5.41) is 3.22. The van der Waals surface area contributed by atoms with Crippen LogP contribution in [0, 0.1) is 11.3 Å². The van der Waals surface area contributed by atoms with Crippen LogP contribution >= 0.6 is 0 Å². The summed E-state index contributed by atoms with van der Waals surface area (Å²) in [7, 11) is 1.70. The number of hydrogen-bond donors (Lipinski definition) is 1. The van der Waals surface area contributed by atoms with E-state index >= 15 is 0 Å². The molecule has 2 bridgehead atoms. The molecular formula is C29H38N2O4. The quantitative estimate of drug-likeness (QED) is 0.562. The Labute approximate surface area is 208 Å². The van der Waals surface area contributed by atoms with E-state index in [0.29, 0.717) is 12.5 Å². The predicted molar refractivity (Wildman–Crippen MR) is 137 cm³/mol. The average Bonchev–Trinajstić information content (AvgIpc) is 3.11. The van der Waals surface area contributed by atoms with Crippen molar-refractivity contribution in [2.45, 2.75) is 58.6 Å². The van der Waals surface area contributed by atoms with Crippen LogP contribution < -0.4 is 14.8 Å². The van der Waals surface area contributed by atoms with Crippen molar-refractivity contribution >= 4 is 6.09 Å². The lowest BCUT2D eigenvalue weighted by Crippen LogP contribution is -2.53. The van der Waals surface area contributed by atoms with Gasteiger partial charge in [-0.2, -0.15) is 0 Å². The van der Waals surface area contributed by atoms with Gasteiger partial charge >= 0.3 is 6.09 Å². The highest BCUT2D eigenvalue weighted by Gasteiger charge is 2.42. The second-order valence-corrected chi connectivity index (χ2v) is 10.9. The molecule has 0 radical (unpaired) electrons. The van der Waals surface area contributed by atoms with E-state index < -0.39 is 0 Å². The van der Waals surface area contributed by atoms with Gasteiger partial charge < -0.3 is 19.5 Å². The minimum atomic E-state index is -0.305. The maximum atomic E-state index is 13.0. The number of piperidine rings is 3. The molecule has 3 aliphatic heterocycles. The number of carbonyl (C=O) groups excluding carboxylic acids is 1. The Kier molecular flexibility index (Phi) is 6.67. The van der Waals surface area contributed by atoms with E-state index in [1.165, 1.54) is 5.56 Å². The minimum absolute atomic E-state index is 0.00248. The first kappa shape index (κ1) is 24.0. The second kappa shape index (κ2) is 9.73. The Balaban J connectivity index is 1.35. The van der Waals surface area contributed by atoms with Gasteiger partial charge in [-0.3, -0.25) is 4.90 Å². The third-order valence-corrected chi connectivity index (χ3v) is 7.95. The molecule has 6 heteroatoms. The van der Waals surface area contributed by atoms with Crippen LogP contribution in [0.25, 0.3) is 11.1 Å². The number of ether oxygens (including phenoxy) is 3. The Morgan fingerprint density at radius 2 is 1.89 bits per heavy atom. The summed E-state index contributed by atoms with van der Waals surface area (Å²) in [4.78, 5) is 15.4. The number of nitrogens with one attached hydrogen (secondary N) is 1. The molecule has 188 valence electrons. The van der Waals surface area contributed by atoms with Gasteiger partial charge in [0.2, 0.25) is 0 Å². The summed E-state index contributed by atoms with van der Waals surface area (Å²) in [5.41, 5.74) is 4.37. The number of alkyl carbamates (subject to hydrolysis) is 1. The van der Waals surface area contributed by atoms with E-state index in [0.717, 1.165) is 73.5 Å². The molecule has 0 aromatic heterocycles. The van der Waals surface area contributed by atoms with Gasteiger partial charge in [-0.25, -0.2) is 4.79 Å². The largest absolute Gasteiger partial charge is 0.496 e. The van der Waals surface area contributed by atoms with Gasteiger partial charge in [0.25, 0.3) is 0 Å². The first-order valence-electron chi connectivity index (χ1n) is 13.0. The van der Waals surface area contributed by atoms with E-state index in [9.17, 15) is 4.79 Å². The highest BCUT2D eigenvalue weighted by molar-refractivity contribution is 5.74. The van der Waals surface area contributed by atoms with Crippen LogP contribution in [-0.2, 0) is 11.2 Å². The molecule has 35 heavy (non-hydrogen) atoms. The van der Waals surface area contributed by atoms with Crippen molar-refractivity contribution < 1.29 is 19.0 Å². The van der Waals surface area contributed by atoms with Crippen molar-refractivity contribution in [3.05, 3.63) is 47.5 Å². The van der Waals surface area contributed by atoms with Crippen molar-refractivity contribution in [3.63, 3.8) is 0 Å². The summed E-state index contributed by atoms with van der Waals surface area (Å²) in [5.74, 6) is 2.18.